The van der Waals surface area contributed by atoms with Gasteiger partial charge in [-0.25, -0.2) is 0 Å². The van der Waals surface area contributed by atoms with Crippen molar-refractivity contribution in [1.29, 1.82) is 0 Å². The zero-order valence-electron chi connectivity index (χ0n) is 16.9. The van der Waals surface area contributed by atoms with Gasteiger partial charge in [0.05, 0.1) is 0 Å². The van der Waals surface area contributed by atoms with Crippen molar-refractivity contribution in [3.63, 3.8) is 0 Å². The summed E-state index contributed by atoms with van der Waals surface area (Å²) in [5.74, 6) is 0.384. The lowest BCUT2D eigenvalue weighted by molar-refractivity contribution is -0.123. The van der Waals surface area contributed by atoms with Gasteiger partial charge < -0.3 is 32.3 Å². The summed E-state index contributed by atoms with van der Waals surface area (Å²) in [6.07, 6.45) is 2.02. The maximum atomic E-state index is 11.8. The molecule has 0 aromatic rings. The number of hydrogen-bond acceptors (Lipinski definition) is 6. The second-order valence-electron chi connectivity index (χ2n) is 6.90. The first-order valence-electron chi connectivity index (χ1n) is 9.81. The van der Waals surface area contributed by atoms with Crippen LogP contribution in [-0.4, -0.2) is 75.0 Å². The lowest BCUT2D eigenvalue weighted by atomic mass is 10.1. The van der Waals surface area contributed by atoms with Gasteiger partial charge >= 0.3 is 0 Å². The Morgan fingerprint density at radius 1 is 0.741 bits per heavy atom. The minimum atomic E-state index is -0.0704. The number of amides is 3. The minimum absolute atomic E-state index is 0.0324. The molecule has 0 unspecified atom stereocenters. The first-order valence-corrected chi connectivity index (χ1v) is 9.81. The molecule has 0 atom stereocenters. The quantitative estimate of drug-likeness (QED) is 0.225. The fourth-order valence-electron chi connectivity index (χ4n) is 2.32. The molecule has 0 saturated carbocycles. The number of nitrogens with zero attached hydrogens (tertiary/aromatic N) is 1. The van der Waals surface area contributed by atoms with Crippen LogP contribution in [0.5, 0.6) is 0 Å². The van der Waals surface area contributed by atoms with Crippen molar-refractivity contribution in [2.75, 3.05) is 52.4 Å². The van der Waals surface area contributed by atoms with E-state index in [1.165, 1.54) is 0 Å². The van der Waals surface area contributed by atoms with Crippen LogP contribution in [0.25, 0.3) is 0 Å². The maximum absolute atomic E-state index is 11.8. The van der Waals surface area contributed by atoms with Crippen LogP contribution in [0.1, 0.15) is 39.5 Å². The lowest BCUT2D eigenvalue weighted by Crippen LogP contribution is -2.40. The molecule has 0 fully saturated rings. The topological polar surface area (TPSA) is 143 Å². The monoisotopic (exact) mass is 386 g/mol. The summed E-state index contributed by atoms with van der Waals surface area (Å²) in [6.45, 7) is 7.98. The summed E-state index contributed by atoms with van der Waals surface area (Å²) in [5, 5.41) is 8.35. The van der Waals surface area contributed by atoms with E-state index in [0.717, 1.165) is 6.42 Å². The maximum Gasteiger partial charge on any atom is 0.221 e. The van der Waals surface area contributed by atoms with E-state index >= 15 is 0 Å². The molecule has 0 aliphatic rings. The number of carbonyl (C=O) groups is 3. The van der Waals surface area contributed by atoms with E-state index in [2.05, 4.69) is 29.8 Å². The summed E-state index contributed by atoms with van der Waals surface area (Å²) in [7, 11) is 0. The number of hydrogen-bond donors (Lipinski definition) is 5. The molecule has 7 N–H and O–H groups in total. The van der Waals surface area contributed by atoms with Crippen LogP contribution in [0.3, 0.4) is 0 Å². The molecular formula is C18H38N6O3. The van der Waals surface area contributed by atoms with Crippen molar-refractivity contribution in [2.24, 2.45) is 17.4 Å². The van der Waals surface area contributed by atoms with Crippen LogP contribution < -0.4 is 27.4 Å². The molecule has 27 heavy (non-hydrogen) atoms. The molecule has 0 radical (unpaired) electrons. The fourth-order valence-corrected chi connectivity index (χ4v) is 2.32. The molecule has 0 spiro atoms. The van der Waals surface area contributed by atoms with Crippen LogP contribution in [-0.2, 0) is 14.4 Å². The Labute approximate surface area is 163 Å². The van der Waals surface area contributed by atoms with Crippen molar-refractivity contribution in [3.8, 4) is 0 Å². The average molecular weight is 387 g/mol. The molecule has 0 aromatic heterocycles. The van der Waals surface area contributed by atoms with Crippen molar-refractivity contribution in [2.45, 2.75) is 39.5 Å². The largest absolute Gasteiger partial charge is 0.355 e. The first-order chi connectivity index (χ1) is 12.9. The molecule has 0 aliphatic heterocycles. The minimum Gasteiger partial charge on any atom is -0.355 e. The molecule has 0 rings (SSSR count). The van der Waals surface area contributed by atoms with Gasteiger partial charge in [-0.05, 0) is 12.3 Å². The zero-order valence-corrected chi connectivity index (χ0v) is 16.9. The van der Waals surface area contributed by atoms with Crippen molar-refractivity contribution >= 4 is 17.7 Å². The molecule has 0 aliphatic carbocycles. The zero-order chi connectivity index (χ0) is 20.5. The number of carbonyl (C=O) groups excluding carboxylic acids is 3. The van der Waals surface area contributed by atoms with Gasteiger partial charge in [-0.3, -0.25) is 14.4 Å². The predicted octanol–water partition coefficient (Wildman–Crippen LogP) is -1.23. The Balaban J connectivity index is 4.30. The highest BCUT2D eigenvalue weighted by Gasteiger charge is 2.11. The SMILES string of the molecule is CC(C)CCC(=O)NCCN(CCC(=O)NCCN)CCC(=O)NCCN. The molecule has 0 aromatic carbocycles. The molecule has 9 nitrogen and oxygen atoms in total. The molecule has 0 heterocycles. The Bertz CT molecular complexity index is 407. The summed E-state index contributed by atoms with van der Waals surface area (Å²) in [4.78, 5) is 37.3. The third-order valence-corrected chi connectivity index (χ3v) is 3.94. The molecule has 0 bridgehead atoms. The fraction of sp³-hybridized carbons (Fsp3) is 0.833. The van der Waals surface area contributed by atoms with Gasteiger partial charge in [-0.2, -0.15) is 0 Å². The van der Waals surface area contributed by atoms with E-state index in [9.17, 15) is 14.4 Å². The highest BCUT2D eigenvalue weighted by Crippen LogP contribution is 2.02. The second kappa shape index (κ2) is 16.5. The van der Waals surface area contributed by atoms with Gasteiger partial charge in [0, 0.05) is 71.6 Å². The Morgan fingerprint density at radius 2 is 1.19 bits per heavy atom. The van der Waals surface area contributed by atoms with Crippen molar-refractivity contribution < 1.29 is 14.4 Å². The first kappa shape index (κ1) is 25.3. The van der Waals surface area contributed by atoms with Gasteiger partial charge in [-0.1, -0.05) is 13.8 Å². The highest BCUT2D eigenvalue weighted by atomic mass is 16.2. The van der Waals surface area contributed by atoms with E-state index < -0.39 is 0 Å². The van der Waals surface area contributed by atoms with E-state index in [4.69, 9.17) is 11.5 Å². The Kier molecular flexibility index (Phi) is 15.4. The van der Waals surface area contributed by atoms with Gasteiger partial charge in [0.25, 0.3) is 0 Å². The summed E-state index contributed by atoms with van der Waals surface area (Å²) in [5.41, 5.74) is 10.7. The van der Waals surface area contributed by atoms with Gasteiger partial charge in [0.1, 0.15) is 0 Å². The number of nitrogens with one attached hydrogen (secondary N) is 3. The summed E-state index contributed by atoms with van der Waals surface area (Å²) >= 11 is 0. The van der Waals surface area contributed by atoms with Crippen LogP contribution in [0.4, 0.5) is 0 Å². The number of nitrogens with two attached hydrogens (primary N) is 2. The van der Waals surface area contributed by atoms with Crippen LogP contribution >= 0.6 is 0 Å². The third kappa shape index (κ3) is 16.2. The van der Waals surface area contributed by atoms with E-state index in [1.54, 1.807) is 0 Å². The van der Waals surface area contributed by atoms with E-state index in [0.29, 0.717) is 77.5 Å². The van der Waals surface area contributed by atoms with Crippen LogP contribution in [0.15, 0.2) is 0 Å². The molecule has 158 valence electrons. The van der Waals surface area contributed by atoms with Crippen molar-refractivity contribution in [3.05, 3.63) is 0 Å². The summed E-state index contributed by atoms with van der Waals surface area (Å²) < 4.78 is 0. The Hall–Kier alpha value is -1.71. The van der Waals surface area contributed by atoms with Crippen LogP contribution in [0.2, 0.25) is 0 Å². The van der Waals surface area contributed by atoms with Gasteiger partial charge in [0.2, 0.25) is 17.7 Å². The van der Waals surface area contributed by atoms with Crippen molar-refractivity contribution in [1.82, 2.24) is 20.9 Å². The molecule has 9 heteroatoms. The smallest absolute Gasteiger partial charge is 0.221 e. The van der Waals surface area contributed by atoms with Gasteiger partial charge in [0.15, 0.2) is 0 Å². The predicted molar refractivity (Wildman–Crippen MR) is 107 cm³/mol. The lowest BCUT2D eigenvalue weighted by Gasteiger charge is -2.22. The Morgan fingerprint density at radius 3 is 1.63 bits per heavy atom. The molecular weight excluding hydrogens is 348 g/mol. The number of rotatable bonds is 16. The molecule has 3 amide bonds. The van der Waals surface area contributed by atoms with Gasteiger partial charge in [-0.15, -0.1) is 0 Å². The van der Waals surface area contributed by atoms with E-state index in [1.807, 2.05) is 4.90 Å². The van der Waals surface area contributed by atoms with Crippen LogP contribution in [0, 0.1) is 5.92 Å². The second-order valence-corrected chi connectivity index (χ2v) is 6.90. The molecule has 0 saturated heterocycles. The third-order valence-electron chi connectivity index (χ3n) is 3.94. The summed E-state index contributed by atoms with van der Waals surface area (Å²) in [6, 6.07) is 0. The standard InChI is InChI=1S/C18H38N6O3/c1-15(2)3-4-16(25)23-11-14-24(12-5-17(26)21-9-7-19)13-6-18(27)22-10-8-20/h15H,3-14,19-20H2,1-2H3,(H,21,26)(H,22,27)(H,23,25). The van der Waals surface area contributed by atoms with E-state index in [-0.39, 0.29) is 17.7 Å². The highest BCUT2D eigenvalue weighted by molar-refractivity contribution is 5.77. The average Bonchev–Trinajstić information content (AvgIpc) is 2.64. The normalized spacial score (nSPS) is 10.9.